The Morgan fingerprint density at radius 3 is 2.53 bits per heavy atom. The van der Waals surface area contributed by atoms with Crippen LogP contribution in [0, 0.1) is 5.21 Å². The fourth-order valence-electron chi connectivity index (χ4n) is 2.38. The summed E-state index contributed by atoms with van der Waals surface area (Å²) in [6.45, 7) is 2.82. The van der Waals surface area contributed by atoms with Crippen LogP contribution in [0.25, 0.3) is 5.57 Å². The Morgan fingerprint density at radius 1 is 1.32 bits per heavy atom. The number of nitrogens with zero attached hydrogens (tertiary/aromatic N) is 2. The van der Waals surface area contributed by atoms with E-state index in [0.29, 0.717) is 13.1 Å². The maximum Gasteiger partial charge on any atom is 0.145 e. The summed E-state index contributed by atoms with van der Waals surface area (Å²) in [5, 5.41) is 22.9. The van der Waals surface area contributed by atoms with Crippen LogP contribution < -0.4 is 4.65 Å². The molecule has 2 atom stereocenters. The van der Waals surface area contributed by atoms with Gasteiger partial charge < -0.3 is 25.3 Å². The Bertz CT molecular complexity index is 474. The third kappa shape index (κ3) is 2.86. The number of rotatable bonds is 4. The molecule has 0 radical (unpaired) electrons. The zero-order valence-corrected chi connectivity index (χ0v) is 11.6. The van der Waals surface area contributed by atoms with Gasteiger partial charge in [0.15, 0.2) is 0 Å². The molecule has 1 aromatic rings. The molecule has 0 bridgehead atoms. The first kappa shape index (κ1) is 15.8. The molecule has 1 heterocycles. The second-order valence-corrected chi connectivity index (χ2v) is 4.99. The highest BCUT2D eigenvalue weighted by atomic mass is 16.5. The summed E-state index contributed by atoms with van der Waals surface area (Å²) in [6, 6.07) is 7.53. The number of aliphatic hydroxyl groups excluding tert-OH is 1. The van der Waals surface area contributed by atoms with Crippen molar-refractivity contribution in [2.75, 3.05) is 27.2 Å². The number of aliphatic hydroxyl groups is 1. The number of likely N-dealkylation sites (N-methyl/N-ethyl adjacent to an activating group) is 1. The fourth-order valence-corrected chi connectivity index (χ4v) is 2.38. The third-order valence-corrected chi connectivity index (χ3v) is 3.34. The molecule has 1 aromatic carbocycles. The first-order valence-corrected chi connectivity index (χ1v) is 6.22. The lowest BCUT2D eigenvalue weighted by Crippen LogP contribution is -2.35. The van der Waals surface area contributed by atoms with Crippen LogP contribution in [0.15, 0.2) is 30.5 Å². The van der Waals surface area contributed by atoms with Gasteiger partial charge in [-0.2, -0.15) is 0 Å². The molecule has 0 fully saturated rings. The Kier molecular flexibility index (Phi) is 4.84. The van der Waals surface area contributed by atoms with Crippen molar-refractivity contribution in [3.63, 3.8) is 0 Å². The lowest BCUT2D eigenvalue weighted by molar-refractivity contribution is 0.186. The van der Waals surface area contributed by atoms with Gasteiger partial charge in [-0.3, -0.25) is 0 Å². The van der Waals surface area contributed by atoms with E-state index in [0.717, 1.165) is 16.8 Å². The van der Waals surface area contributed by atoms with Crippen molar-refractivity contribution >= 4 is 11.3 Å². The van der Waals surface area contributed by atoms with Gasteiger partial charge in [-0.25, -0.2) is 0 Å². The first-order valence-electron chi connectivity index (χ1n) is 6.22. The molecular formula is C14H22N2O3. The number of hydrogen-bond donors (Lipinski definition) is 1. The summed E-state index contributed by atoms with van der Waals surface area (Å²) in [5.41, 5.74) is 2.35. The average Bonchev–Trinajstić information content (AvgIpc) is 2.64. The molecule has 0 amide bonds. The third-order valence-electron chi connectivity index (χ3n) is 3.34. The largest absolute Gasteiger partial charge is 0.622 e. The van der Waals surface area contributed by atoms with Crippen molar-refractivity contribution < 1.29 is 10.6 Å². The molecule has 19 heavy (non-hydrogen) atoms. The lowest BCUT2D eigenvalue weighted by atomic mass is 10.0. The Balaban J connectivity index is 0.00000180. The Labute approximate surface area is 113 Å². The van der Waals surface area contributed by atoms with Gasteiger partial charge in [-0.05, 0) is 27.1 Å². The molecule has 0 spiro atoms. The monoisotopic (exact) mass is 266 g/mol. The molecular weight excluding hydrogens is 244 g/mol. The van der Waals surface area contributed by atoms with E-state index in [1.165, 1.54) is 0 Å². The second kappa shape index (κ2) is 5.81. The molecule has 106 valence electrons. The number of fused-ring (bicyclic) bond motifs is 1. The van der Waals surface area contributed by atoms with Crippen LogP contribution in [-0.2, 0) is 0 Å². The van der Waals surface area contributed by atoms with Gasteiger partial charge in [0.05, 0.1) is 12.6 Å². The van der Waals surface area contributed by atoms with Gasteiger partial charge in [-0.1, -0.05) is 12.1 Å². The van der Waals surface area contributed by atoms with Crippen molar-refractivity contribution in [2.45, 2.75) is 13.0 Å². The van der Waals surface area contributed by atoms with Crippen molar-refractivity contribution in [2.24, 2.45) is 0 Å². The van der Waals surface area contributed by atoms with Gasteiger partial charge in [0.1, 0.15) is 11.9 Å². The standard InChI is InChI=1S/C14H20N2O2.H2O/c1-4-16(18)10-12(14(17)9-15(2)3)11-7-5-6-8-13(11)16;/h5-8,10,14,17H,4,9H2,1-3H3;1H2. The van der Waals surface area contributed by atoms with Crippen LogP contribution in [0.3, 0.4) is 0 Å². The molecule has 1 aliphatic rings. The van der Waals surface area contributed by atoms with Crippen LogP contribution in [0.1, 0.15) is 12.5 Å². The predicted molar refractivity (Wildman–Crippen MR) is 78.3 cm³/mol. The van der Waals surface area contributed by atoms with Crippen LogP contribution in [0.4, 0.5) is 5.69 Å². The normalized spacial score (nSPS) is 22.7. The summed E-state index contributed by atoms with van der Waals surface area (Å²) >= 11 is 0. The summed E-state index contributed by atoms with van der Waals surface area (Å²) in [4.78, 5) is 1.91. The van der Waals surface area contributed by atoms with E-state index in [9.17, 15) is 10.3 Å². The number of hydroxylamine groups is 2. The number of quaternary nitrogens is 1. The molecule has 0 aromatic heterocycles. The van der Waals surface area contributed by atoms with E-state index in [1.54, 1.807) is 6.20 Å². The summed E-state index contributed by atoms with van der Waals surface area (Å²) in [6.07, 6.45) is 1.01. The Hall–Kier alpha value is -1.24. The summed E-state index contributed by atoms with van der Waals surface area (Å²) < 4.78 is -0.476. The predicted octanol–water partition coefficient (Wildman–Crippen LogP) is 0.964. The van der Waals surface area contributed by atoms with E-state index in [-0.39, 0.29) is 5.48 Å². The SMILES string of the molecule is CC[N+]1([O-])C=C(C(O)CN(C)C)c2ccccc21.O. The maximum absolute atomic E-state index is 12.6. The highest BCUT2D eigenvalue weighted by Crippen LogP contribution is 2.40. The minimum Gasteiger partial charge on any atom is -0.622 e. The smallest absolute Gasteiger partial charge is 0.145 e. The quantitative estimate of drug-likeness (QED) is 0.651. The van der Waals surface area contributed by atoms with E-state index < -0.39 is 10.8 Å². The van der Waals surface area contributed by atoms with Crippen molar-refractivity contribution in [3.05, 3.63) is 41.2 Å². The fraction of sp³-hybridized carbons (Fsp3) is 0.429. The van der Waals surface area contributed by atoms with Gasteiger partial charge in [0, 0.05) is 23.7 Å². The molecule has 0 saturated carbocycles. The van der Waals surface area contributed by atoms with E-state index >= 15 is 0 Å². The highest BCUT2D eigenvalue weighted by Gasteiger charge is 2.33. The van der Waals surface area contributed by atoms with Gasteiger partial charge in [-0.15, -0.1) is 0 Å². The van der Waals surface area contributed by atoms with Crippen LogP contribution in [0.2, 0.25) is 0 Å². The van der Waals surface area contributed by atoms with Crippen LogP contribution in [-0.4, -0.2) is 48.8 Å². The minimum absolute atomic E-state index is 0. The highest BCUT2D eigenvalue weighted by molar-refractivity contribution is 5.84. The summed E-state index contributed by atoms with van der Waals surface area (Å²) in [5.74, 6) is 0. The van der Waals surface area contributed by atoms with E-state index in [2.05, 4.69) is 0 Å². The molecule has 0 aliphatic carbocycles. The van der Waals surface area contributed by atoms with E-state index in [4.69, 9.17) is 0 Å². The van der Waals surface area contributed by atoms with Gasteiger partial charge in [0.25, 0.3) is 0 Å². The molecule has 1 aliphatic heterocycles. The van der Waals surface area contributed by atoms with Crippen molar-refractivity contribution in [1.29, 1.82) is 0 Å². The Morgan fingerprint density at radius 2 is 1.95 bits per heavy atom. The van der Waals surface area contributed by atoms with Gasteiger partial charge >= 0.3 is 0 Å². The zero-order valence-electron chi connectivity index (χ0n) is 11.6. The average molecular weight is 266 g/mol. The molecule has 2 rings (SSSR count). The summed E-state index contributed by atoms with van der Waals surface area (Å²) in [7, 11) is 3.81. The molecule has 0 saturated heterocycles. The molecule has 5 nitrogen and oxygen atoms in total. The molecule has 3 N–H and O–H groups in total. The topological polar surface area (TPSA) is 78.0 Å². The second-order valence-electron chi connectivity index (χ2n) is 4.99. The molecule has 5 heteroatoms. The number of benzene rings is 1. The molecule has 2 unspecified atom stereocenters. The van der Waals surface area contributed by atoms with Crippen LogP contribution in [0.5, 0.6) is 0 Å². The van der Waals surface area contributed by atoms with Crippen molar-refractivity contribution in [1.82, 2.24) is 9.55 Å². The minimum atomic E-state index is -0.623. The maximum atomic E-state index is 12.6. The zero-order chi connectivity index (χ0) is 13.3. The first-order chi connectivity index (χ1) is 8.48. The number of hydrogen-bond acceptors (Lipinski definition) is 3. The van der Waals surface area contributed by atoms with E-state index in [1.807, 2.05) is 50.2 Å². The van der Waals surface area contributed by atoms with Crippen molar-refractivity contribution in [3.8, 4) is 0 Å². The van der Waals surface area contributed by atoms with Gasteiger partial charge in [0.2, 0.25) is 0 Å². The van der Waals surface area contributed by atoms with Crippen LogP contribution >= 0.6 is 0 Å². The number of para-hydroxylation sites is 1. The lowest BCUT2D eigenvalue weighted by Gasteiger charge is -2.34.